The van der Waals surface area contributed by atoms with Crippen molar-refractivity contribution in [2.75, 3.05) is 54.6 Å². The van der Waals surface area contributed by atoms with Crippen molar-refractivity contribution in [1.82, 2.24) is 9.80 Å². The summed E-state index contributed by atoms with van der Waals surface area (Å²) in [5.74, 6) is 0.379. The number of piperazine rings is 1. The molecule has 1 saturated heterocycles. The van der Waals surface area contributed by atoms with Crippen LogP contribution in [0.25, 0.3) is 11.6 Å². The molecule has 1 aliphatic heterocycles. The maximum Gasteiger partial charge on any atom is 0.338 e. The van der Waals surface area contributed by atoms with Gasteiger partial charge in [-0.05, 0) is 48.9 Å². The topological polar surface area (TPSA) is 68.3 Å². The summed E-state index contributed by atoms with van der Waals surface area (Å²) in [5, 5.41) is 0. The van der Waals surface area contributed by atoms with Gasteiger partial charge < -0.3 is 24.0 Å². The van der Waals surface area contributed by atoms with Crippen molar-refractivity contribution in [3.63, 3.8) is 0 Å². The fourth-order valence-electron chi connectivity index (χ4n) is 3.87. The fourth-order valence-corrected chi connectivity index (χ4v) is 3.87. The van der Waals surface area contributed by atoms with Gasteiger partial charge in [-0.3, -0.25) is 4.79 Å². The SMILES string of the molecule is COC(=O)C(=C(/C)c1cc(OC)cc(OC)c1)/C(=C\c1ccccc1)C(=O)N1CCN(C)CC1.Cl. The Bertz CT molecular complexity index is 1070. The number of esters is 1. The van der Waals surface area contributed by atoms with Gasteiger partial charge in [-0.2, -0.15) is 0 Å². The Morgan fingerprint density at radius 2 is 1.46 bits per heavy atom. The summed E-state index contributed by atoms with van der Waals surface area (Å²) < 4.78 is 16.0. The lowest BCUT2D eigenvalue weighted by Gasteiger charge is -2.33. The number of ether oxygens (including phenoxy) is 3. The summed E-state index contributed by atoms with van der Waals surface area (Å²) >= 11 is 0. The van der Waals surface area contributed by atoms with Crippen LogP contribution in [0.3, 0.4) is 0 Å². The first-order valence-electron chi connectivity index (χ1n) is 11.2. The van der Waals surface area contributed by atoms with E-state index in [2.05, 4.69) is 4.90 Å². The van der Waals surface area contributed by atoms with Crippen LogP contribution in [0.1, 0.15) is 18.1 Å². The van der Waals surface area contributed by atoms with Crippen LogP contribution < -0.4 is 9.47 Å². The number of likely N-dealkylation sites (N-methyl/N-ethyl adjacent to an activating group) is 1. The molecular weight excluding hydrogens is 468 g/mol. The number of hydrogen-bond donors (Lipinski definition) is 0. The highest BCUT2D eigenvalue weighted by Crippen LogP contribution is 2.32. The summed E-state index contributed by atoms with van der Waals surface area (Å²) in [6.07, 6.45) is 1.76. The molecule has 0 aromatic heterocycles. The van der Waals surface area contributed by atoms with E-state index in [-0.39, 0.29) is 23.9 Å². The molecule has 3 rings (SSSR count). The van der Waals surface area contributed by atoms with Crippen LogP contribution in [0.2, 0.25) is 0 Å². The monoisotopic (exact) mass is 500 g/mol. The molecule has 8 heteroatoms. The lowest BCUT2D eigenvalue weighted by molar-refractivity contribution is -0.137. The zero-order valence-electron chi connectivity index (χ0n) is 20.9. The number of carbonyl (C=O) groups excluding carboxylic acids is 2. The second-order valence-corrected chi connectivity index (χ2v) is 8.16. The lowest BCUT2D eigenvalue weighted by Crippen LogP contribution is -2.48. The molecule has 2 aromatic rings. The van der Waals surface area contributed by atoms with E-state index in [1.807, 2.05) is 37.4 Å². The van der Waals surface area contributed by atoms with Crippen LogP contribution in [0.4, 0.5) is 0 Å². The second-order valence-electron chi connectivity index (χ2n) is 8.16. The first-order chi connectivity index (χ1) is 16.4. The molecule has 0 unspecified atom stereocenters. The highest BCUT2D eigenvalue weighted by molar-refractivity contribution is 6.16. The Labute approximate surface area is 213 Å². The van der Waals surface area contributed by atoms with Gasteiger partial charge in [0.25, 0.3) is 5.91 Å². The zero-order valence-corrected chi connectivity index (χ0v) is 21.7. The predicted molar refractivity (Wildman–Crippen MR) is 140 cm³/mol. The molecule has 188 valence electrons. The number of hydrogen-bond acceptors (Lipinski definition) is 6. The molecule has 1 amide bonds. The van der Waals surface area contributed by atoms with Crippen LogP contribution in [0.5, 0.6) is 11.5 Å². The van der Waals surface area contributed by atoms with Crippen LogP contribution in [-0.2, 0) is 14.3 Å². The van der Waals surface area contributed by atoms with E-state index < -0.39 is 5.97 Å². The fraction of sp³-hybridized carbons (Fsp3) is 0.333. The molecule has 0 saturated carbocycles. The van der Waals surface area contributed by atoms with E-state index in [0.717, 1.165) is 18.7 Å². The van der Waals surface area contributed by atoms with Crippen LogP contribution in [0, 0.1) is 0 Å². The first kappa shape index (κ1) is 28.0. The molecule has 0 radical (unpaired) electrons. The summed E-state index contributed by atoms with van der Waals surface area (Å²) in [6, 6.07) is 14.9. The number of carbonyl (C=O) groups is 2. The number of amides is 1. The second kappa shape index (κ2) is 13.0. The van der Waals surface area contributed by atoms with Gasteiger partial charge in [-0.15, -0.1) is 12.4 Å². The highest BCUT2D eigenvalue weighted by atomic mass is 35.5. The molecule has 0 bridgehead atoms. The third-order valence-electron chi connectivity index (χ3n) is 5.95. The van der Waals surface area contributed by atoms with E-state index in [1.165, 1.54) is 7.11 Å². The van der Waals surface area contributed by atoms with E-state index in [1.54, 1.807) is 50.3 Å². The van der Waals surface area contributed by atoms with Crippen molar-refractivity contribution in [2.45, 2.75) is 6.92 Å². The third-order valence-corrected chi connectivity index (χ3v) is 5.95. The maximum atomic E-state index is 13.8. The number of methoxy groups -OCH3 is 3. The molecule has 7 nitrogen and oxygen atoms in total. The van der Waals surface area contributed by atoms with Gasteiger partial charge in [0.1, 0.15) is 11.5 Å². The number of nitrogens with zero attached hydrogens (tertiary/aromatic N) is 2. The first-order valence-corrected chi connectivity index (χ1v) is 11.2. The van der Waals surface area contributed by atoms with Crippen LogP contribution >= 0.6 is 12.4 Å². The molecule has 1 fully saturated rings. The number of benzene rings is 2. The van der Waals surface area contributed by atoms with Crippen molar-refractivity contribution in [3.8, 4) is 11.5 Å². The Morgan fingerprint density at radius 1 is 0.886 bits per heavy atom. The molecule has 1 aliphatic rings. The number of allylic oxidation sites excluding steroid dienone is 1. The standard InChI is InChI=1S/C27H32N2O5.ClH/c1-19(21-16-22(32-3)18-23(17-21)33-4)25(27(31)34-5)24(15-20-9-7-6-8-10-20)26(30)29-13-11-28(2)12-14-29;/h6-10,15-18H,11-14H2,1-5H3;1H/b24-15+,25-19-;. The summed E-state index contributed by atoms with van der Waals surface area (Å²) in [5.41, 5.74) is 2.61. The molecule has 1 heterocycles. The van der Waals surface area contributed by atoms with Gasteiger partial charge >= 0.3 is 5.97 Å². The molecule has 35 heavy (non-hydrogen) atoms. The normalized spacial score (nSPS) is 15.0. The van der Waals surface area contributed by atoms with Crippen LogP contribution in [0.15, 0.2) is 59.7 Å². The van der Waals surface area contributed by atoms with Gasteiger partial charge in [0, 0.05) is 32.2 Å². The lowest BCUT2D eigenvalue weighted by atomic mass is 9.92. The highest BCUT2D eigenvalue weighted by Gasteiger charge is 2.30. The van der Waals surface area contributed by atoms with Crippen LogP contribution in [-0.4, -0.2) is 76.2 Å². The summed E-state index contributed by atoms with van der Waals surface area (Å²) in [6.45, 7) is 4.52. The summed E-state index contributed by atoms with van der Waals surface area (Å²) in [7, 11) is 6.48. The quantitative estimate of drug-likeness (QED) is 0.326. The van der Waals surface area contributed by atoms with Crippen molar-refractivity contribution in [1.29, 1.82) is 0 Å². The molecule has 2 aromatic carbocycles. The minimum Gasteiger partial charge on any atom is -0.497 e. The maximum absolute atomic E-state index is 13.8. The third kappa shape index (κ3) is 6.87. The zero-order chi connectivity index (χ0) is 24.7. The molecule has 0 N–H and O–H groups in total. The molecule has 0 spiro atoms. The molecule has 0 atom stereocenters. The van der Waals surface area contributed by atoms with Crippen molar-refractivity contribution < 1.29 is 23.8 Å². The molecular formula is C27H33ClN2O5. The Hall–Kier alpha value is -3.29. The van der Waals surface area contributed by atoms with Gasteiger partial charge in [0.05, 0.1) is 32.5 Å². The van der Waals surface area contributed by atoms with Gasteiger partial charge in [-0.1, -0.05) is 30.3 Å². The van der Waals surface area contributed by atoms with Gasteiger partial charge in [0.15, 0.2) is 0 Å². The Morgan fingerprint density at radius 3 is 1.97 bits per heavy atom. The van der Waals surface area contributed by atoms with E-state index in [9.17, 15) is 9.59 Å². The Kier molecular flexibility index (Phi) is 10.4. The minimum atomic E-state index is -0.580. The van der Waals surface area contributed by atoms with E-state index in [4.69, 9.17) is 14.2 Å². The average Bonchev–Trinajstić information content (AvgIpc) is 2.88. The number of halogens is 1. The average molecular weight is 501 g/mol. The number of rotatable bonds is 7. The van der Waals surface area contributed by atoms with Crippen molar-refractivity contribution in [2.24, 2.45) is 0 Å². The van der Waals surface area contributed by atoms with E-state index >= 15 is 0 Å². The largest absolute Gasteiger partial charge is 0.497 e. The van der Waals surface area contributed by atoms with Gasteiger partial charge in [0.2, 0.25) is 0 Å². The minimum absolute atomic E-state index is 0. The van der Waals surface area contributed by atoms with E-state index in [0.29, 0.717) is 41.3 Å². The van der Waals surface area contributed by atoms with Gasteiger partial charge in [-0.25, -0.2) is 4.79 Å². The summed E-state index contributed by atoms with van der Waals surface area (Å²) in [4.78, 5) is 30.9. The van der Waals surface area contributed by atoms with Crippen molar-refractivity contribution >= 4 is 35.9 Å². The molecule has 0 aliphatic carbocycles. The predicted octanol–water partition coefficient (Wildman–Crippen LogP) is 3.93. The Balaban J connectivity index is 0.00000432. The van der Waals surface area contributed by atoms with Crippen molar-refractivity contribution in [3.05, 3.63) is 70.8 Å². The smallest absolute Gasteiger partial charge is 0.338 e.